The molecule has 1 atom stereocenters. The average Bonchev–Trinajstić information content (AvgIpc) is 2.63. The number of aromatic nitrogens is 2. The van der Waals surface area contributed by atoms with Crippen LogP contribution in [0.4, 0.5) is 0 Å². The maximum atomic E-state index is 11.9. The van der Waals surface area contributed by atoms with Crippen molar-refractivity contribution in [3.05, 3.63) is 17.0 Å². The van der Waals surface area contributed by atoms with Crippen LogP contribution in [0.2, 0.25) is 0 Å². The summed E-state index contributed by atoms with van der Waals surface area (Å²) >= 11 is 0. The third-order valence-electron chi connectivity index (χ3n) is 2.58. The topological polar surface area (TPSA) is 104 Å². The Kier molecular flexibility index (Phi) is 4.85. The van der Waals surface area contributed by atoms with Gasteiger partial charge in [-0.2, -0.15) is 5.10 Å². The van der Waals surface area contributed by atoms with Crippen LogP contribution >= 0.6 is 0 Å². The normalized spacial score (nSPS) is 12.2. The molecular formula is C11H17N3O4. The maximum absolute atomic E-state index is 11.9. The first-order chi connectivity index (χ1) is 8.45. The molecule has 18 heavy (non-hydrogen) atoms. The van der Waals surface area contributed by atoms with E-state index >= 15 is 0 Å². The highest BCUT2D eigenvalue weighted by Crippen LogP contribution is 2.08. The molecule has 1 heterocycles. The number of carboxylic acids is 1. The van der Waals surface area contributed by atoms with Crippen LogP contribution in [0.5, 0.6) is 0 Å². The fourth-order valence-electron chi connectivity index (χ4n) is 1.61. The van der Waals surface area contributed by atoms with Crippen LogP contribution in [-0.4, -0.2) is 46.9 Å². The van der Waals surface area contributed by atoms with Gasteiger partial charge in [0.25, 0.3) is 5.91 Å². The second-order valence-electron chi connectivity index (χ2n) is 3.97. The van der Waals surface area contributed by atoms with E-state index in [1.807, 2.05) is 0 Å². The minimum atomic E-state index is -0.966. The quantitative estimate of drug-likeness (QED) is 0.675. The molecule has 7 heteroatoms. The van der Waals surface area contributed by atoms with Crippen molar-refractivity contribution in [1.29, 1.82) is 0 Å². The Morgan fingerprint density at radius 1 is 1.50 bits per heavy atom. The van der Waals surface area contributed by atoms with Gasteiger partial charge in [-0.25, -0.2) is 0 Å². The molecule has 0 bridgehead atoms. The summed E-state index contributed by atoms with van der Waals surface area (Å²) in [7, 11) is 1.41. The number of amides is 1. The Morgan fingerprint density at radius 2 is 2.17 bits per heavy atom. The predicted octanol–water partition coefficient (Wildman–Crippen LogP) is 0.246. The van der Waals surface area contributed by atoms with Gasteiger partial charge in [-0.1, -0.05) is 0 Å². The SMILES string of the molecule is COC(CNC(=O)c1c(C)n[nH]c1C)CC(=O)O. The monoisotopic (exact) mass is 255 g/mol. The minimum Gasteiger partial charge on any atom is -0.481 e. The molecule has 0 fully saturated rings. The lowest BCUT2D eigenvalue weighted by Gasteiger charge is -2.13. The summed E-state index contributed by atoms with van der Waals surface area (Å²) in [5.41, 5.74) is 1.77. The Hall–Kier alpha value is -1.89. The van der Waals surface area contributed by atoms with Gasteiger partial charge in [0.1, 0.15) is 0 Å². The van der Waals surface area contributed by atoms with Crippen LogP contribution in [0.3, 0.4) is 0 Å². The van der Waals surface area contributed by atoms with Crippen molar-refractivity contribution in [3.8, 4) is 0 Å². The van der Waals surface area contributed by atoms with Crippen molar-refractivity contribution in [1.82, 2.24) is 15.5 Å². The average molecular weight is 255 g/mol. The molecule has 0 aliphatic carbocycles. The van der Waals surface area contributed by atoms with Crippen LogP contribution in [0.15, 0.2) is 0 Å². The van der Waals surface area contributed by atoms with Crippen LogP contribution in [-0.2, 0) is 9.53 Å². The van der Waals surface area contributed by atoms with Gasteiger partial charge in [0, 0.05) is 19.3 Å². The summed E-state index contributed by atoms with van der Waals surface area (Å²) in [6.07, 6.45) is -0.695. The number of H-pyrrole nitrogens is 1. The molecule has 0 spiro atoms. The number of carbonyl (C=O) groups excluding carboxylic acids is 1. The molecule has 0 saturated carbocycles. The lowest BCUT2D eigenvalue weighted by Crippen LogP contribution is -2.34. The number of methoxy groups -OCH3 is 1. The highest BCUT2D eigenvalue weighted by atomic mass is 16.5. The number of aryl methyl sites for hydroxylation is 2. The fourth-order valence-corrected chi connectivity index (χ4v) is 1.61. The summed E-state index contributed by atoms with van der Waals surface area (Å²) in [4.78, 5) is 22.4. The Balaban J connectivity index is 2.58. The Labute approximate surface area is 105 Å². The number of carbonyl (C=O) groups is 2. The van der Waals surface area contributed by atoms with E-state index < -0.39 is 12.1 Å². The summed E-state index contributed by atoms with van der Waals surface area (Å²) in [5.74, 6) is -1.25. The second-order valence-corrected chi connectivity index (χ2v) is 3.97. The van der Waals surface area contributed by atoms with Gasteiger partial charge < -0.3 is 15.2 Å². The first kappa shape index (κ1) is 14.2. The molecule has 7 nitrogen and oxygen atoms in total. The van der Waals surface area contributed by atoms with E-state index in [9.17, 15) is 9.59 Å². The molecule has 0 aliphatic heterocycles. The predicted molar refractivity (Wildman–Crippen MR) is 63.4 cm³/mol. The van der Waals surface area contributed by atoms with Gasteiger partial charge in [-0.05, 0) is 13.8 Å². The number of nitrogens with zero attached hydrogens (tertiary/aromatic N) is 1. The fraction of sp³-hybridized carbons (Fsp3) is 0.545. The molecule has 100 valence electrons. The molecule has 1 amide bonds. The van der Waals surface area contributed by atoms with E-state index in [0.29, 0.717) is 17.0 Å². The number of rotatable bonds is 6. The zero-order chi connectivity index (χ0) is 13.7. The lowest BCUT2D eigenvalue weighted by molar-refractivity contribution is -0.139. The van der Waals surface area contributed by atoms with E-state index in [0.717, 1.165) is 0 Å². The lowest BCUT2D eigenvalue weighted by atomic mass is 10.2. The van der Waals surface area contributed by atoms with E-state index in [-0.39, 0.29) is 18.9 Å². The largest absolute Gasteiger partial charge is 0.481 e. The maximum Gasteiger partial charge on any atom is 0.306 e. The number of hydrogen-bond donors (Lipinski definition) is 3. The van der Waals surface area contributed by atoms with Crippen molar-refractivity contribution in [2.45, 2.75) is 26.4 Å². The molecule has 1 aromatic heterocycles. The van der Waals surface area contributed by atoms with E-state index in [4.69, 9.17) is 9.84 Å². The number of ether oxygens (including phenoxy) is 1. The van der Waals surface area contributed by atoms with E-state index in [1.165, 1.54) is 7.11 Å². The number of aromatic amines is 1. The first-order valence-corrected chi connectivity index (χ1v) is 5.50. The van der Waals surface area contributed by atoms with Gasteiger partial charge in [-0.15, -0.1) is 0 Å². The third kappa shape index (κ3) is 3.56. The van der Waals surface area contributed by atoms with Crippen molar-refractivity contribution < 1.29 is 19.4 Å². The molecule has 0 aliphatic rings. The molecule has 0 saturated heterocycles. The van der Waals surface area contributed by atoms with Gasteiger partial charge in [0.05, 0.1) is 23.8 Å². The number of hydrogen-bond acceptors (Lipinski definition) is 4. The number of carboxylic acid groups (broad SMARTS) is 1. The highest BCUT2D eigenvalue weighted by Gasteiger charge is 2.18. The Morgan fingerprint density at radius 3 is 2.61 bits per heavy atom. The summed E-state index contributed by atoms with van der Waals surface area (Å²) in [6, 6.07) is 0. The van der Waals surface area contributed by atoms with Crippen LogP contribution in [0.1, 0.15) is 28.2 Å². The molecule has 1 rings (SSSR count). The molecule has 0 aromatic carbocycles. The smallest absolute Gasteiger partial charge is 0.306 e. The van der Waals surface area contributed by atoms with Crippen molar-refractivity contribution in [3.63, 3.8) is 0 Å². The van der Waals surface area contributed by atoms with Crippen molar-refractivity contribution in [2.24, 2.45) is 0 Å². The van der Waals surface area contributed by atoms with Gasteiger partial charge in [-0.3, -0.25) is 14.7 Å². The highest BCUT2D eigenvalue weighted by molar-refractivity contribution is 5.96. The van der Waals surface area contributed by atoms with Crippen LogP contribution in [0, 0.1) is 13.8 Å². The zero-order valence-electron chi connectivity index (χ0n) is 10.6. The standard InChI is InChI=1S/C11H17N3O4/c1-6-10(7(2)14-13-6)11(17)12-5-8(18-3)4-9(15)16/h8H,4-5H2,1-3H3,(H,12,17)(H,13,14)(H,15,16). The van der Waals surface area contributed by atoms with Gasteiger partial charge >= 0.3 is 5.97 Å². The first-order valence-electron chi connectivity index (χ1n) is 5.50. The molecule has 0 radical (unpaired) electrons. The van der Waals surface area contributed by atoms with Crippen molar-refractivity contribution >= 4 is 11.9 Å². The van der Waals surface area contributed by atoms with Gasteiger partial charge in [0.2, 0.25) is 0 Å². The molecule has 1 unspecified atom stereocenters. The second kappa shape index (κ2) is 6.15. The van der Waals surface area contributed by atoms with E-state index in [1.54, 1.807) is 13.8 Å². The number of aliphatic carboxylic acids is 1. The summed E-state index contributed by atoms with van der Waals surface area (Å²) < 4.78 is 4.97. The Bertz CT molecular complexity index is 422. The summed E-state index contributed by atoms with van der Waals surface area (Å²) in [6.45, 7) is 3.62. The zero-order valence-corrected chi connectivity index (χ0v) is 10.6. The summed E-state index contributed by atoms with van der Waals surface area (Å²) in [5, 5.41) is 17.9. The third-order valence-corrected chi connectivity index (χ3v) is 2.58. The van der Waals surface area contributed by atoms with E-state index in [2.05, 4.69) is 15.5 Å². The molecule has 1 aromatic rings. The minimum absolute atomic E-state index is 0.145. The molecule has 3 N–H and O–H groups in total. The van der Waals surface area contributed by atoms with Crippen molar-refractivity contribution in [2.75, 3.05) is 13.7 Å². The van der Waals surface area contributed by atoms with Gasteiger partial charge in [0.15, 0.2) is 0 Å². The van der Waals surface area contributed by atoms with Crippen LogP contribution < -0.4 is 5.32 Å². The number of nitrogens with one attached hydrogen (secondary N) is 2. The van der Waals surface area contributed by atoms with Crippen LogP contribution in [0.25, 0.3) is 0 Å². The molecular weight excluding hydrogens is 238 g/mol.